The monoisotopic (exact) mass is 330 g/mol. The van der Waals surface area contributed by atoms with Crippen molar-refractivity contribution in [2.45, 2.75) is 12.5 Å². The van der Waals surface area contributed by atoms with E-state index in [9.17, 15) is 4.79 Å². The lowest BCUT2D eigenvalue weighted by molar-refractivity contribution is 0.0720. The Kier molecular flexibility index (Phi) is 3.90. The van der Waals surface area contributed by atoms with Crippen LogP contribution in [0.2, 0.25) is 0 Å². The van der Waals surface area contributed by atoms with Crippen molar-refractivity contribution in [1.29, 1.82) is 0 Å². The van der Waals surface area contributed by atoms with Crippen molar-refractivity contribution in [2.24, 2.45) is 0 Å². The molecule has 0 saturated heterocycles. The lowest BCUT2D eigenvalue weighted by Gasteiger charge is -2.35. The van der Waals surface area contributed by atoms with Gasteiger partial charge in [0.1, 0.15) is 0 Å². The first kappa shape index (κ1) is 15.3. The molecule has 3 aromatic rings. The molecule has 0 unspecified atom stereocenters. The van der Waals surface area contributed by atoms with E-state index in [2.05, 4.69) is 34.2 Å². The minimum atomic E-state index is -0.180. The number of rotatable bonds is 2. The minimum absolute atomic E-state index is 0.132. The molecule has 0 fully saturated rings. The Labute approximate surface area is 146 Å². The van der Waals surface area contributed by atoms with E-state index < -0.39 is 0 Å². The molecule has 25 heavy (non-hydrogen) atoms. The maximum absolute atomic E-state index is 13.0. The lowest BCUT2D eigenvalue weighted by atomic mass is 9.84. The summed E-state index contributed by atoms with van der Waals surface area (Å²) in [5.74, 6) is 0.122. The van der Waals surface area contributed by atoms with Gasteiger partial charge in [0.15, 0.2) is 11.5 Å². The van der Waals surface area contributed by atoms with Crippen LogP contribution in [0.3, 0.4) is 0 Å². The predicted molar refractivity (Wildman–Crippen MR) is 95.9 cm³/mol. The number of fused-ring (bicyclic) bond motifs is 1. The summed E-state index contributed by atoms with van der Waals surface area (Å²) in [6.07, 6.45) is 2.99. The van der Waals surface area contributed by atoms with E-state index in [1.807, 2.05) is 30.3 Å². The topological polar surface area (TPSA) is 72.1 Å². The Morgan fingerprint density at radius 3 is 2.52 bits per heavy atom. The SMILES string of the molecule is Nc1nccnc1C(=O)N1Cc2ccccc2[C@@H](c2ccccc2)C1. The minimum Gasteiger partial charge on any atom is -0.382 e. The normalized spacial score (nSPS) is 16.3. The molecule has 2 heterocycles. The highest BCUT2D eigenvalue weighted by molar-refractivity contribution is 5.96. The van der Waals surface area contributed by atoms with Gasteiger partial charge < -0.3 is 10.6 Å². The van der Waals surface area contributed by atoms with Gasteiger partial charge in [0.25, 0.3) is 5.91 Å². The zero-order valence-corrected chi connectivity index (χ0v) is 13.7. The average molecular weight is 330 g/mol. The molecule has 124 valence electrons. The van der Waals surface area contributed by atoms with Gasteiger partial charge in [-0.1, -0.05) is 54.6 Å². The van der Waals surface area contributed by atoms with Crippen molar-refractivity contribution < 1.29 is 4.79 Å². The first-order valence-electron chi connectivity index (χ1n) is 8.22. The number of nitrogens with two attached hydrogens (primary N) is 1. The highest BCUT2D eigenvalue weighted by Gasteiger charge is 2.30. The third-order valence-electron chi connectivity index (χ3n) is 4.61. The number of carbonyl (C=O) groups excluding carboxylic acids is 1. The molecule has 5 heteroatoms. The average Bonchev–Trinajstić information content (AvgIpc) is 2.67. The highest BCUT2D eigenvalue weighted by Crippen LogP contribution is 2.34. The molecular formula is C20H18N4O. The third kappa shape index (κ3) is 2.85. The zero-order valence-electron chi connectivity index (χ0n) is 13.7. The van der Waals surface area contributed by atoms with E-state index in [1.165, 1.54) is 23.5 Å². The van der Waals surface area contributed by atoms with Crippen LogP contribution in [0, 0.1) is 0 Å². The van der Waals surface area contributed by atoms with Crippen LogP contribution in [0.1, 0.15) is 33.1 Å². The molecule has 4 rings (SSSR count). The van der Waals surface area contributed by atoms with Crippen molar-refractivity contribution in [3.63, 3.8) is 0 Å². The molecule has 1 aliphatic rings. The van der Waals surface area contributed by atoms with E-state index in [4.69, 9.17) is 5.73 Å². The van der Waals surface area contributed by atoms with Crippen LogP contribution in [-0.4, -0.2) is 27.3 Å². The standard InChI is InChI=1S/C20H18N4O/c21-19-18(22-10-11-23-19)20(25)24-12-15-8-4-5-9-16(15)17(13-24)14-6-2-1-3-7-14/h1-11,17H,12-13H2,(H2,21,23)/t17-/m1/s1. The molecule has 0 spiro atoms. The molecule has 0 saturated carbocycles. The number of nitrogens with zero attached hydrogens (tertiary/aromatic N) is 3. The van der Waals surface area contributed by atoms with Crippen LogP contribution >= 0.6 is 0 Å². The van der Waals surface area contributed by atoms with Crippen LogP contribution in [0.25, 0.3) is 0 Å². The number of hydrogen-bond donors (Lipinski definition) is 1. The number of amides is 1. The molecule has 1 aliphatic heterocycles. The molecule has 0 aliphatic carbocycles. The molecular weight excluding hydrogens is 312 g/mol. The fourth-order valence-corrected chi connectivity index (χ4v) is 3.40. The summed E-state index contributed by atoms with van der Waals surface area (Å²) in [5.41, 5.74) is 9.68. The van der Waals surface area contributed by atoms with E-state index in [0.29, 0.717) is 13.1 Å². The molecule has 5 nitrogen and oxygen atoms in total. The Morgan fingerprint density at radius 2 is 1.72 bits per heavy atom. The Bertz CT molecular complexity index is 910. The lowest BCUT2D eigenvalue weighted by Crippen LogP contribution is -2.39. The van der Waals surface area contributed by atoms with Gasteiger partial charge in [-0.3, -0.25) is 4.79 Å². The van der Waals surface area contributed by atoms with Crippen LogP contribution in [0.4, 0.5) is 5.82 Å². The number of nitrogen functional groups attached to an aromatic ring is 1. The number of aromatic nitrogens is 2. The van der Waals surface area contributed by atoms with Gasteiger partial charge >= 0.3 is 0 Å². The van der Waals surface area contributed by atoms with Crippen molar-refractivity contribution in [2.75, 3.05) is 12.3 Å². The maximum atomic E-state index is 13.0. The molecule has 0 bridgehead atoms. The van der Waals surface area contributed by atoms with E-state index in [0.717, 1.165) is 5.56 Å². The van der Waals surface area contributed by atoms with E-state index in [1.54, 1.807) is 4.90 Å². The second-order valence-electron chi connectivity index (χ2n) is 6.14. The Morgan fingerprint density at radius 1 is 1.00 bits per heavy atom. The summed E-state index contributed by atoms with van der Waals surface area (Å²) in [6, 6.07) is 18.5. The van der Waals surface area contributed by atoms with E-state index in [-0.39, 0.29) is 23.3 Å². The summed E-state index contributed by atoms with van der Waals surface area (Å²) in [6.45, 7) is 1.14. The summed E-state index contributed by atoms with van der Waals surface area (Å²) < 4.78 is 0. The van der Waals surface area contributed by atoms with Gasteiger partial charge in [-0.2, -0.15) is 0 Å². The van der Waals surface area contributed by atoms with Crippen molar-refractivity contribution in [1.82, 2.24) is 14.9 Å². The predicted octanol–water partition coefficient (Wildman–Crippen LogP) is 2.85. The quantitative estimate of drug-likeness (QED) is 0.784. The second kappa shape index (κ2) is 6.36. The largest absolute Gasteiger partial charge is 0.382 e. The fraction of sp³-hybridized carbons (Fsp3) is 0.150. The Balaban J connectivity index is 1.73. The third-order valence-corrected chi connectivity index (χ3v) is 4.61. The van der Waals surface area contributed by atoms with Gasteiger partial charge in [-0.25, -0.2) is 9.97 Å². The molecule has 2 aromatic carbocycles. The molecule has 1 amide bonds. The zero-order chi connectivity index (χ0) is 17.2. The first-order valence-corrected chi connectivity index (χ1v) is 8.22. The highest BCUT2D eigenvalue weighted by atomic mass is 16.2. The maximum Gasteiger partial charge on any atom is 0.276 e. The number of anilines is 1. The fourth-order valence-electron chi connectivity index (χ4n) is 3.40. The summed E-state index contributed by atoms with van der Waals surface area (Å²) in [5, 5.41) is 0. The van der Waals surface area contributed by atoms with Crippen molar-refractivity contribution in [3.05, 3.63) is 89.4 Å². The molecule has 0 radical (unpaired) electrons. The molecule has 1 atom stereocenters. The summed E-state index contributed by atoms with van der Waals surface area (Å²) in [4.78, 5) is 22.9. The van der Waals surface area contributed by atoms with Gasteiger partial charge in [-0.05, 0) is 16.7 Å². The number of carbonyl (C=O) groups is 1. The second-order valence-corrected chi connectivity index (χ2v) is 6.14. The number of benzene rings is 2. The van der Waals surface area contributed by atoms with Gasteiger partial charge in [-0.15, -0.1) is 0 Å². The smallest absolute Gasteiger partial charge is 0.276 e. The van der Waals surface area contributed by atoms with Crippen molar-refractivity contribution in [3.8, 4) is 0 Å². The van der Waals surface area contributed by atoms with Crippen LogP contribution in [0.15, 0.2) is 67.0 Å². The van der Waals surface area contributed by atoms with Gasteiger partial charge in [0.2, 0.25) is 0 Å². The first-order chi connectivity index (χ1) is 12.2. The Hall–Kier alpha value is -3.21. The summed E-state index contributed by atoms with van der Waals surface area (Å²) in [7, 11) is 0. The number of hydrogen-bond acceptors (Lipinski definition) is 4. The van der Waals surface area contributed by atoms with Crippen molar-refractivity contribution >= 4 is 11.7 Å². The van der Waals surface area contributed by atoms with Crippen LogP contribution in [-0.2, 0) is 6.54 Å². The van der Waals surface area contributed by atoms with Crippen LogP contribution in [0.5, 0.6) is 0 Å². The molecule has 1 aromatic heterocycles. The van der Waals surface area contributed by atoms with E-state index >= 15 is 0 Å². The van der Waals surface area contributed by atoms with Crippen LogP contribution < -0.4 is 5.73 Å². The molecule has 2 N–H and O–H groups in total. The summed E-state index contributed by atoms with van der Waals surface area (Å²) >= 11 is 0. The van der Waals surface area contributed by atoms with Gasteiger partial charge in [0.05, 0.1) is 0 Å². The van der Waals surface area contributed by atoms with Gasteiger partial charge in [0, 0.05) is 31.4 Å².